The number of nitrogens with zero attached hydrogens (tertiary/aromatic N) is 3. The first kappa shape index (κ1) is 11.8. The number of carbonyl (C=O) groups excluding carboxylic acids is 1. The number of hydrogen-bond acceptors (Lipinski definition) is 4. The first-order chi connectivity index (χ1) is 8.16. The van der Waals surface area contributed by atoms with Crippen LogP contribution in [0.25, 0.3) is 0 Å². The van der Waals surface area contributed by atoms with Gasteiger partial charge in [0.1, 0.15) is 4.88 Å². The number of amides is 1. The van der Waals surface area contributed by atoms with E-state index >= 15 is 0 Å². The summed E-state index contributed by atoms with van der Waals surface area (Å²) in [6.07, 6.45) is 5.34. The maximum atomic E-state index is 11.9. The number of nitrogens with one attached hydrogen (secondary N) is 1. The van der Waals surface area contributed by atoms with Gasteiger partial charge in [0.15, 0.2) is 0 Å². The van der Waals surface area contributed by atoms with E-state index in [2.05, 4.69) is 15.3 Å². The van der Waals surface area contributed by atoms with Crippen LogP contribution in [0.4, 0.5) is 0 Å². The highest BCUT2D eigenvalue weighted by molar-refractivity contribution is 7.11. The van der Waals surface area contributed by atoms with Crippen LogP contribution in [0, 0.1) is 6.92 Å². The molecule has 0 saturated carbocycles. The summed E-state index contributed by atoms with van der Waals surface area (Å²) in [6.45, 7) is 4.52. The molecule has 5 nitrogen and oxygen atoms in total. The summed E-state index contributed by atoms with van der Waals surface area (Å²) in [4.78, 5) is 20.6. The van der Waals surface area contributed by atoms with Crippen molar-refractivity contribution in [3.8, 4) is 0 Å². The SMILES string of the molecule is Cc1ncsc1C(=O)NC(C)Cn1ccnc1. The van der Waals surface area contributed by atoms with Gasteiger partial charge >= 0.3 is 0 Å². The number of thiazole rings is 1. The summed E-state index contributed by atoms with van der Waals surface area (Å²) in [5.74, 6) is -0.0578. The van der Waals surface area contributed by atoms with E-state index in [9.17, 15) is 4.79 Å². The van der Waals surface area contributed by atoms with Gasteiger partial charge in [0.05, 0.1) is 17.5 Å². The van der Waals surface area contributed by atoms with E-state index in [0.717, 1.165) is 5.69 Å². The molecule has 0 bridgehead atoms. The molecule has 1 unspecified atom stereocenters. The Bertz CT molecular complexity index is 491. The first-order valence-corrected chi connectivity index (χ1v) is 6.21. The Kier molecular flexibility index (Phi) is 3.53. The standard InChI is InChI=1S/C11H14N4OS/c1-8(5-15-4-3-12-6-15)14-11(16)10-9(2)13-7-17-10/h3-4,6-8H,5H2,1-2H3,(H,14,16). The Balaban J connectivity index is 1.93. The Morgan fingerprint density at radius 1 is 1.65 bits per heavy atom. The molecule has 0 aliphatic rings. The predicted molar refractivity (Wildman–Crippen MR) is 66.0 cm³/mol. The van der Waals surface area contributed by atoms with Crippen molar-refractivity contribution in [1.29, 1.82) is 0 Å². The minimum atomic E-state index is -0.0578. The Morgan fingerprint density at radius 3 is 3.06 bits per heavy atom. The van der Waals surface area contributed by atoms with Crippen LogP contribution in [0.1, 0.15) is 22.3 Å². The minimum absolute atomic E-state index is 0.0539. The van der Waals surface area contributed by atoms with Gasteiger partial charge < -0.3 is 9.88 Å². The van der Waals surface area contributed by atoms with Crippen molar-refractivity contribution < 1.29 is 4.79 Å². The normalized spacial score (nSPS) is 12.4. The van der Waals surface area contributed by atoms with Gasteiger partial charge in [0.25, 0.3) is 5.91 Å². The third-order valence-corrected chi connectivity index (χ3v) is 3.30. The van der Waals surface area contributed by atoms with Crippen LogP contribution in [0.2, 0.25) is 0 Å². The molecule has 1 N–H and O–H groups in total. The first-order valence-electron chi connectivity index (χ1n) is 5.33. The number of aryl methyl sites for hydroxylation is 1. The number of hydrogen-bond donors (Lipinski definition) is 1. The lowest BCUT2D eigenvalue weighted by molar-refractivity contribution is 0.0940. The Labute approximate surface area is 104 Å². The van der Waals surface area contributed by atoms with Gasteiger partial charge in [0, 0.05) is 25.0 Å². The molecule has 0 aliphatic heterocycles. The van der Waals surface area contributed by atoms with E-state index in [-0.39, 0.29) is 11.9 Å². The van der Waals surface area contributed by atoms with E-state index in [1.54, 1.807) is 18.0 Å². The quantitative estimate of drug-likeness (QED) is 0.893. The summed E-state index contributed by atoms with van der Waals surface area (Å²) >= 11 is 1.37. The molecule has 0 aromatic carbocycles. The number of aromatic nitrogens is 3. The van der Waals surface area contributed by atoms with E-state index in [1.807, 2.05) is 24.6 Å². The van der Waals surface area contributed by atoms with Crippen molar-refractivity contribution in [3.63, 3.8) is 0 Å². The van der Waals surface area contributed by atoms with E-state index in [1.165, 1.54) is 11.3 Å². The largest absolute Gasteiger partial charge is 0.347 e. The van der Waals surface area contributed by atoms with Gasteiger partial charge in [-0.25, -0.2) is 9.97 Å². The molecule has 1 amide bonds. The van der Waals surface area contributed by atoms with E-state index in [0.29, 0.717) is 11.4 Å². The molecule has 0 fully saturated rings. The molecule has 2 aromatic heterocycles. The summed E-state index contributed by atoms with van der Waals surface area (Å²) in [5, 5.41) is 2.94. The number of rotatable bonds is 4. The van der Waals surface area contributed by atoms with Gasteiger partial charge in [-0.3, -0.25) is 4.79 Å². The molecule has 17 heavy (non-hydrogen) atoms. The zero-order valence-electron chi connectivity index (χ0n) is 9.75. The number of imidazole rings is 1. The lowest BCUT2D eigenvalue weighted by Crippen LogP contribution is -2.35. The molecule has 2 rings (SSSR count). The smallest absolute Gasteiger partial charge is 0.263 e. The average Bonchev–Trinajstić information content (AvgIpc) is 2.88. The Hall–Kier alpha value is -1.69. The summed E-state index contributed by atoms with van der Waals surface area (Å²) in [7, 11) is 0. The zero-order valence-corrected chi connectivity index (χ0v) is 10.6. The maximum absolute atomic E-state index is 11.9. The molecule has 1 atom stereocenters. The maximum Gasteiger partial charge on any atom is 0.263 e. The lowest BCUT2D eigenvalue weighted by atomic mass is 10.3. The molecule has 6 heteroatoms. The van der Waals surface area contributed by atoms with Crippen LogP contribution < -0.4 is 5.32 Å². The van der Waals surface area contributed by atoms with Crippen LogP contribution in [-0.4, -0.2) is 26.5 Å². The second-order valence-corrected chi connectivity index (χ2v) is 4.76. The summed E-state index contributed by atoms with van der Waals surface area (Å²) in [5.41, 5.74) is 2.47. The summed E-state index contributed by atoms with van der Waals surface area (Å²) < 4.78 is 1.93. The fourth-order valence-electron chi connectivity index (χ4n) is 1.57. The molecule has 0 saturated heterocycles. The highest BCUT2D eigenvalue weighted by atomic mass is 32.1. The molecule has 90 valence electrons. The van der Waals surface area contributed by atoms with E-state index < -0.39 is 0 Å². The molecule has 0 radical (unpaired) electrons. The van der Waals surface area contributed by atoms with Crippen LogP contribution in [0.5, 0.6) is 0 Å². The van der Waals surface area contributed by atoms with Crippen molar-refractivity contribution in [3.05, 3.63) is 34.8 Å². The fraction of sp³-hybridized carbons (Fsp3) is 0.364. The minimum Gasteiger partial charge on any atom is -0.347 e. The molecule has 0 aliphatic carbocycles. The van der Waals surface area contributed by atoms with Crippen LogP contribution in [0.3, 0.4) is 0 Å². The number of carbonyl (C=O) groups is 1. The van der Waals surface area contributed by atoms with Crippen molar-refractivity contribution in [2.24, 2.45) is 0 Å². The van der Waals surface area contributed by atoms with Gasteiger partial charge in [-0.15, -0.1) is 11.3 Å². The zero-order chi connectivity index (χ0) is 12.3. The third kappa shape index (κ3) is 2.91. The summed E-state index contributed by atoms with van der Waals surface area (Å²) in [6, 6.07) is 0.0539. The second-order valence-electron chi connectivity index (χ2n) is 3.90. The molecular formula is C11H14N4OS. The van der Waals surface area contributed by atoms with E-state index in [4.69, 9.17) is 0 Å². The van der Waals surface area contributed by atoms with Gasteiger partial charge in [-0.2, -0.15) is 0 Å². The molecule has 2 aromatic rings. The average molecular weight is 250 g/mol. The topological polar surface area (TPSA) is 59.8 Å². The van der Waals surface area contributed by atoms with Crippen LogP contribution in [-0.2, 0) is 6.54 Å². The van der Waals surface area contributed by atoms with Crippen molar-refractivity contribution in [2.75, 3.05) is 0 Å². The highest BCUT2D eigenvalue weighted by Gasteiger charge is 2.14. The van der Waals surface area contributed by atoms with Gasteiger partial charge in [-0.1, -0.05) is 0 Å². The Morgan fingerprint density at radius 2 is 2.47 bits per heavy atom. The van der Waals surface area contributed by atoms with Crippen LogP contribution in [0.15, 0.2) is 24.2 Å². The fourth-order valence-corrected chi connectivity index (χ4v) is 2.27. The second kappa shape index (κ2) is 5.09. The van der Waals surface area contributed by atoms with Crippen molar-refractivity contribution in [1.82, 2.24) is 19.9 Å². The van der Waals surface area contributed by atoms with Gasteiger partial charge in [0.2, 0.25) is 0 Å². The third-order valence-electron chi connectivity index (χ3n) is 2.37. The van der Waals surface area contributed by atoms with Crippen molar-refractivity contribution in [2.45, 2.75) is 26.4 Å². The predicted octanol–water partition coefficient (Wildman–Crippen LogP) is 1.47. The van der Waals surface area contributed by atoms with Crippen molar-refractivity contribution >= 4 is 17.2 Å². The highest BCUT2D eigenvalue weighted by Crippen LogP contribution is 2.11. The molecular weight excluding hydrogens is 236 g/mol. The lowest BCUT2D eigenvalue weighted by Gasteiger charge is -2.13. The molecule has 0 spiro atoms. The monoisotopic (exact) mass is 250 g/mol. The van der Waals surface area contributed by atoms with Gasteiger partial charge in [-0.05, 0) is 13.8 Å². The van der Waals surface area contributed by atoms with Crippen LogP contribution >= 0.6 is 11.3 Å². The molecule has 2 heterocycles.